The van der Waals surface area contributed by atoms with Crippen LogP contribution in [0.5, 0.6) is 0 Å². The normalized spacial score (nSPS) is 24.3. The Balaban J connectivity index is 1.50. The molecule has 0 saturated heterocycles. The number of hydrogen-bond acceptors (Lipinski definition) is 3. The molecule has 0 atom stereocenters. The molecule has 1 aromatic carbocycles. The first kappa shape index (κ1) is 13.8. The van der Waals surface area contributed by atoms with Gasteiger partial charge in [-0.1, -0.05) is 30.3 Å². The lowest BCUT2D eigenvalue weighted by Crippen LogP contribution is -2.51. The minimum Gasteiger partial charge on any atom is -0.313 e. The fourth-order valence-corrected chi connectivity index (χ4v) is 3.08. The number of aromatic nitrogens is 2. The third-order valence-corrected chi connectivity index (χ3v) is 4.31. The largest absolute Gasteiger partial charge is 0.313 e. The molecule has 0 spiro atoms. The summed E-state index contributed by atoms with van der Waals surface area (Å²) in [6.07, 6.45) is 4.70. The summed E-state index contributed by atoms with van der Waals surface area (Å²) in [5.74, 6) is 0. The van der Waals surface area contributed by atoms with Gasteiger partial charge in [0, 0.05) is 32.3 Å². The molecule has 0 amide bonds. The van der Waals surface area contributed by atoms with Crippen LogP contribution in [0.2, 0.25) is 0 Å². The molecule has 4 nitrogen and oxygen atoms in total. The first-order valence-corrected chi connectivity index (χ1v) is 7.40. The summed E-state index contributed by atoms with van der Waals surface area (Å²) in [7, 11) is 1.93. The number of hydrogen-bond donors (Lipinski definition) is 1. The molecule has 1 saturated carbocycles. The molecule has 1 aromatic heterocycles. The predicted octanol–water partition coefficient (Wildman–Crippen LogP) is 2.18. The second kappa shape index (κ2) is 5.71. The van der Waals surface area contributed by atoms with Crippen LogP contribution in [0.1, 0.15) is 24.1 Å². The van der Waals surface area contributed by atoms with E-state index in [0.717, 1.165) is 37.1 Å². The Hall–Kier alpha value is -2.12. The number of aryl methyl sites for hydroxylation is 1. The molecule has 1 aliphatic carbocycles. The third-order valence-electron chi connectivity index (χ3n) is 4.31. The minimum atomic E-state index is -0.288. The van der Waals surface area contributed by atoms with Gasteiger partial charge in [-0.2, -0.15) is 10.4 Å². The number of rotatable bonds is 5. The van der Waals surface area contributed by atoms with E-state index in [9.17, 15) is 5.26 Å². The summed E-state index contributed by atoms with van der Waals surface area (Å²) in [6, 6.07) is 15.1. The van der Waals surface area contributed by atoms with Gasteiger partial charge in [-0.15, -0.1) is 0 Å². The van der Waals surface area contributed by atoms with Crippen LogP contribution >= 0.6 is 0 Å². The third kappa shape index (κ3) is 2.84. The molecule has 0 radical (unpaired) electrons. The Morgan fingerprint density at radius 2 is 2.10 bits per heavy atom. The van der Waals surface area contributed by atoms with E-state index in [-0.39, 0.29) is 5.41 Å². The van der Waals surface area contributed by atoms with Crippen LogP contribution in [0, 0.1) is 11.3 Å². The molecule has 4 heteroatoms. The van der Waals surface area contributed by atoms with E-state index in [1.165, 1.54) is 0 Å². The van der Waals surface area contributed by atoms with Gasteiger partial charge in [-0.25, -0.2) is 0 Å². The second-order valence-corrected chi connectivity index (χ2v) is 5.85. The van der Waals surface area contributed by atoms with Crippen molar-refractivity contribution in [1.82, 2.24) is 15.1 Å². The highest BCUT2D eigenvalue weighted by atomic mass is 15.2. The molecular weight excluding hydrogens is 260 g/mol. The van der Waals surface area contributed by atoms with Crippen LogP contribution in [0.4, 0.5) is 0 Å². The highest BCUT2D eigenvalue weighted by Gasteiger charge is 2.45. The average Bonchev–Trinajstić information content (AvgIpc) is 2.88. The summed E-state index contributed by atoms with van der Waals surface area (Å²) in [5.41, 5.74) is 1.97. The van der Waals surface area contributed by atoms with E-state index < -0.39 is 0 Å². The van der Waals surface area contributed by atoms with Gasteiger partial charge in [0.1, 0.15) is 0 Å². The topological polar surface area (TPSA) is 53.6 Å². The van der Waals surface area contributed by atoms with Crippen molar-refractivity contribution in [3.8, 4) is 6.07 Å². The number of nitriles is 1. The van der Waals surface area contributed by atoms with E-state index in [0.29, 0.717) is 6.04 Å². The van der Waals surface area contributed by atoms with E-state index in [2.05, 4.69) is 28.6 Å². The van der Waals surface area contributed by atoms with Crippen LogP contribution in [0.15, 0.2) is 42.6 Å². The number of nitrogens with zero attached hydrogens (tertiary/aromatic N) is 3. The van der Waals surface area contributed by atoms with E-state index >= 15 is 0 Å². The summed E-state index contributed by atoms with van der Waals surface area (Å²) < 4.78 is 1.83. The van der Waals surface area contributed by atoms with Crippen molar-refractivity contribution < 1.29 is 0 Å². The molecule has 0 aliphatic heterocycles. The minimum absolute atomic E-state index is 0.288. The van der Waals surface area contributed by atoms with E-state index in [1.807, 2.05) is 42.2 Å². The van der Waals surface area contributed by atoms with Crippen LogP contribution in [0.25, 0.3) is 0 Å². The lowest BCUT2D eigenvalue weighted by Gasteiger charge is -2.43. The molecule has 2 aromatic rings. The van der Waals surface area contributed by atoms with Gasteiger partial charge in [0.15, 0.2) is 0 Å². The summed E-state index contributed by atoms with van der Waals surface area (Å²) in [5, 5.41) is 17.4. The molecule has 1 aliphatic rings. The smallest absolute Gasteiger partial charge is 0.0852 e. The fourth-order valence-electron chi connectivity index (χ4n) is 3.08. The van der Waals surface area contributed by atoms with Gasteiger partial charge in [0.25, 0.3) is 0 Å². The van der Waals surface area contributed by atoms with Crippen LogP contribution in [0.3, 0.4) is 0 Å². The first-order valence-electron chi connectivity index (χ1n) is 7.40. The van der Waals surface area contributed by atoms with Crippen LogP contribution in [-0.4, -0.2) is 22.4 Å². The molecule has 1 heterocycles. The lowest BCUT2D eigenvalue weighted by molar-refractivity contribution is 0.228. The SMILES string of the molecule is Cn1ccc(CCNC2CC(C#N)(c3ccccc3)C2)n1. The van der Waals surface area contributed by atoms with Crippen molar-refractivity contribution in [2.45, 2.75) is 30.7 Å². The fraction of sp³-hybridized carbons (Fsp3) is 0.412. The maximum absolute atomic E-state index is 9.52. The van der Waals surface area contributed by atoms with Crippen molar-refractivity contribution in [1.29, 1.82) is 5.26 Å². The van der Waals surface area contributed by atoms with Gasteiger partial charge in [0.05, 0.1) is 17.2 Å². The zero-order chi connectivity index (χ0) is 14.7. The highest BCUT2D eigenvalue weighted by molar-refractivity contribution is 5.36. The number of nitrogens with one attached hydrogen (secondary N) is 1. The quantitative estimate of drug-likeness (QED) is 0.913. The highest BCUT2D eigenvalue weighted by Crippen LogP contribution is 2.43. The Kier molecular flexibility index (Phi) is 3.76. The Morgan fingerprint density at radius 1 is 1.33 bits per heavy atom. The van der Waals surface area contributed by atoms with Crippen molar-refractivity contribution in [2.75, 3.05) is 6.54 Å². The molecule has 0 bridgehead atoms. The Labute approximate surface area is 125 Å². The monoisotopic (exact) mass is 280 g/mol. The van der Waals surface area contributed by atoms with Crippen molar-refractivity contribution in [3.63, 3.8) is 0 Å². The second-order valence-electron chi connectivity index (χ2n) is 5.85. The zero-order valence-electron chi connectivity index (χ0n) is 12.3. The molecular formula is C17H20N4. The van der Waals surface area contributed by atoms with Crippen molar-refractivity contribution in [2.24, 2.45) is 7.05 Å². The van der Waals surface area contributed by atoms with Gasteiger partial charge in [-0.05, 0) is 24.5 Å². The Morgan fingerprint density at radius 3 is 2.71 bits per heavy atom. The van der Waals surface area contributed by atoms with E-state index in [4.69, 9.17) is 0 Å². The molecule has 3 rings (SSSR count). The maximum Gasteiger partial charge on any atom is 0.0852 e. The summed E-state index contributed by atoms with van der Waals surface area (Å²) in [4.78, 5) is 0. The van der Waals surface area contributed by atoms with Gasteiger partial charge in [0.2, 0.25) is 0 Å². The molecule has 1 N–H and O–H groups in total. The Bertz CT molecular complexity index is 632. The summed E-state index contributed by atoms with van der Waals surface area (Å²) in [6.45, 7) is 0.915. The zero-order valence-corrected chi connectivity index (χ0v) is 12.3. The molecule has 21 heavy (non-hydrogen) atoms. The van der Waals surface area contributed by atoms with E-state index in [1.54, 1.807) is 0 Å². The van der Waals surface area contributed by atoms with Crippen molar-refractivity contribution >= 4 is 0 Å². The average molecular weight is 280 g/mol. The first-order chi connectivity index (χ1) is 10.2. The standard InChI is InChI=1S/C17H20N4/c1-21-10-8-15(20-21)7-9-19-16-11-17(12-16,13-18)14-5-3-2-4-6-14/h2-6,8,10,16,19H,7,9,11-12H2,1H3. The number of benzene rings is 1. The van der Waals surface area contributed by atoms with Gasteiger partial charge in [-0.3, -0.25) is 4.68 Å². The maximum atomic E-state index is 9.52. The van der Waals surface area contributed by atoms with Gasteiger partial charge >= 0.3 is 0 Å². The van der Waals surface area contributed by atoms with Crippen molar-refractivity contribution in [3.05, 3.63) is 53.9 Å². The van der Waals surface area contributed by atoms with Gasteiger partial charge < -0.3 is 5.32 Å². The van der Waals surface area contributed by atoms with Crippen LogP contribution < -0.4 is 5.32 Å². The van der Waals surface area contributed by atoms with Crippen LogP contribution in [-0.2, 0) is 18.9 Å². The predicted molar refractivity (Wildman–Crippen MR) is 81.7 cm³/mol. The summed E-state index contributed by atoms with van der Waals surface area (Å²) >= 11 is 0. The molecule has 108 valence electrons. The molecule has 0 unspecified atom stereocenters. The lowest BCUT2D eigenvalue weighted by atomic mass is 9.62. The molecule has 1 fully saturated rings.